The van der Waals surface area contributed by atoms with Gasteiger partial charge in [0, 0.05) is 37.6 Å². The molecule has 0 aliphatic rings. The number of benzene rings is 4. The van der Waals surface area contributed by atoms with Gasteiger partial charge in [-0.2, -0.15) is 0 Å². The van der Waals surface area contributed by atoms with E-state index in [9.17, 15) is 0 Å². The van der Waals surface area contributed by atoms with Gasteiger partial charge in [-0.3, -0.25) is 4.57 Å². The minimum atomic E-state index is 0.396. The molecule has 0 atom stereocenters. The predicted octanol–water partition coefficient (Wildman–Crippen LogP) is 8.77. The summed E-state index contributed by atoms with van der Waals surface area (Å²) in [6.07, 6.45) is 0. The summed E-state index contributed by atoms with van der Waals surface area (Å²) in [5, 5.41) is 11.7. The Morgan fingerprint density at radius 2 is 1.47 bits per heavy atom. The Morgan fingerprint density at radius 3 is 2.22 bits per heavy atom. The standard InChI is InChI=1S/C28H20Cl3N3OS/c29-22-13-10-21(26(31)16-22)18-36-28-33-32-27(34(28)23-7-2-1-3-8-23)19-11-14-24(15-12-19)35-17-20-6-4-5-9-25(20)30/h1-16H,17-18H2. The van der Waals surface area contributed by atoms with E-state index in [0.29, 0.717) is 27.4 Å². The van der Waals surface area contributed by atoms with Gasteiger partial charge in [-0.05, 0) is 60.2 Å². The number of hydrogen-bond acceptors (Lipinski definition) is 4. The molecule has 0 saturated heterocycles. The van der Waals surface area contributed by atoms with E-state index in [1.807, 2.05) is 95.6 Å². The number of halogens is 3. The van der Waals surface area contributed by atoms with Crippen molar-refractivity contribution in [1.82, 2.24) is 14.8 Å². The van der Waals surface area contributed by atoms with Crippen LogP contribution in [0.3, 0.4) is 0 Å². The molecule has 0 bridgehead atoms. The minimum Gasteiger partial charge on any atom is -0.489 e. The van der Waals surface area contributed by atoms with Crippen LogP contribution in [0.1, 0.15) is 11.1 Å². The van der Waals surface area contributed by atoms with E-state index >= 15 is 0 Å². The summed E-state index contributed by atoms with van der Waals surface area (Å²) in [6.45, 7) is 0.396. The van der Waals surface area contributed by atoms with Crippen molar-refractivity contribution in [3.8, 4) is 22.8 Å². The molecule has 0 spiro atoms. The second-order valence-electron chi connectivity index (χ2n) is 7.91. The molecule has 0 radical (unpaired) electrons. The number of nitrogens with zero attached hydrogens (tertiary/aromatic N) is 3. The highest BCUT2D eigenvalue weighted by Gasteiger charge is 2.17. The van der Waals surface area contributed by atoms with Crippen LogP contribution >= 0.6 is 46.6 Å². The van der Waals surface area contributed by atoms with Gasteiger partial charge in [-0.25, -0.2) is 0 Å². The lowest BCUT2D eigenvalue weighted by Crippen LogP contribution is -2.00. The molecule has 0 aliphatic heterocycles. The molecule has 0 unspecified atom stereocenters. The number of rotatable bonds is 8. The zero-order valence-corrected chi connectivity index (χ0v) is 22.0. The largest absolute Gasteiger partial charge is 0.489 e. The molecule has 0 aliphatic carbocycles. The van der Waals surface area contributed by atoms with E-state index in [2.05, 4.69) is 10.2 Å². The lowest BCUT2D eigenvalue weighted by molar-refractivity contribution is 0.306. The van der Waals surface area contributed by atoms with Gasteiger partial charge < -0.3 is 4.74 Å². The van der Waals surface area contributed by atoms with Crippen LogP contribution in [0.25, 0.3) is 17.1 Å². The first kappa shape index (κ1) is 24.7. The molecule has 0 amide bonds. The number of thioether (sulfide) groups is 1. The molecule has 0 N–H and O–H groups in total. The van der Waals surface area contributed by atoms with Gasteiger partial charge in [0.05, 0.1) is 0 Å². The third kappa shape index (κ3) is 5.71. The van der Waals surface area contributed by atoms with Crippen LogP contribution < -0.4 is 4.74 Å². The topological polar surface area (TPSA) is 39.9 Å². The Morgan fingerprint density at radius 1 is 0.722 bits per heavy atom. The molecule has 36 heavy (non-hydrogen) atoms. The minimum absolute atomic E-state index is 0.396. The highest BCUT2D eigenvalue weighted by atomic mass is 35.5. The lowest BCUT2D eigenvalue weighted by Gasteiger charge is -2.12. The van der Waals surface area contributed by atoms with Gasteiger partial charge in [0.1, 0.15) is 12.4 Å². The third-order valence-corrected chi connectivity index (χ3v) is 7.42. The number of aromatic nitrogens is 3. The molecule has 5 aromatic rings. The van der Waals surface area contributed by atoms with Crippen LogP contribution in [-0.4, -0.2) is 14.8 Å². The molecule has 0 saturated carbocycles. The average molecular weight is 553 g/mol. The van der Waals surface area contributed by atoms with Crippen molar-refractivity contribution in [2.24, 2.45) is 0 Å². The summed E-state index contributed by atoms with van der Waals surface area (Å²) in [4.78, 5) is 0. The molecule has 180 valence electrons. The van der Waals surface area contributed by atoms with Crippen molar-refractivity contribution in [3.63, 3.8) is 0 Å². The van der Waals surface area contributed by atoms with Gasteiger partial charge in [-0.15, -0.1) is 10.2 Å². The fourth-order valence-electron chi connectivity index (χ4n) is 3.62. The summed E-state index contributed by atoms with van der Waals surface area (Å²) < 4.78 is 7.99. The maximum atomic E-state index is 6.38. The van der Waals surface area contributed by atoms with Crippen LogP contribution in [0.2, 0.25) is 15.1 Å². The van der Waals surface area contributed by atoms with Gasteiger partial charge in [0.25, 0.3) is 0 Å². The van der Waals surface area contributed by atoms with Crippen molar-refractivity contribution >= 4 is 46.6 Å². The average Bonchev–Trinajstić information content (AvgIpc) is 3.32. The van der Waals surface area contributed by atoms with Crippen molar-refractivity contribution in [3.05, 3.63) is 123 Å². The SMILES string of the molecule is Clc1ccc(CSc2nnc(-c3ccc(OCc4ccccc4Cl)cc3)n2-c2ccccc2)c(Cl)c1. The fourth-order valence-corrected chi connectivity index (χ4v) is 5.32. The van der Waals surface area contributed by atoms with Crippen molar-refractivity contribution < 1.29 is 4.74 Å². The molecule has 4 nitrogen and oxygen atoms in total. The van der Waals surface area contributed by atoms with Crippen LogP contribution in [0, 0.1) is 0 Å². The van der Waals surface area contributed by atoms with E-state index in [4.69, 9.17) is 39.5 Å². The summed E-state index contributed by atoms with van der Waals surface area (Å²) in [5.41, 5.74) is 3.82. The second kappa shape index (κ2) is 11.4. The quantitative estimate of drug-likeness (QED) is 0.180. The first-order valence-electron chi connectivity index (χ1n) is 11.1. The Labute approximate surface area is 228 Å². The molecule has 0 fully saturated rings. The molecular weight excluding hydrogens is 533 g/mol. The van der Waals surface area contributed by atoms with E-state index in [1.54, 1.807) is 17.8 Å². The van der Waals surface area contributed by atoms with Crippen molar-refractivity contribution in [2.45, 2.75) is 17.5 Å². The maximum Gasteiger partial charge on any atom is 0.196 e. The molecule has 1 heterocycles. The lowest BCUT2D eigenvalue weighted by atomic mass is 10.2. The Bertz CT molecular complexity index is 1470. The second-order valence-corrected chi connectivity index (χ2v) is 10.1. The first-order chi connectivity index (χ1) is 17.6. The molecule has 8 heteroatoms. The smallest absolute Gasteiger partial charge is 0.196 e. The number of para-hydroxylation sites is 1. The van der Waals surface area contributed by atoms with E-state index in [1.165, 1.54) is 0 Å². The molecule has 4 aromatic carbocycles. The summed E-state index contributed by atoms with van der Waals surface area (Å²) in [5.74, 6) is 2.12. The van der Waals surface area contributed by atoms with Crippen molar-refractivity contribution in [2.75, 3.05) is 0 Å². The van der Waals surface area contributed by atoms with E-state index in [-0.39, 0.29) is 0 Å². The van der Waals surface area contributed by atoms with Crippen LogP contribution in [0.5, 0.6) is 5.75 Å². The Balaban J connectivity index is 1.39. The highest BCUT2D eigenvalue weighted by molar-refractivity contribution is 7.98. The Kier molecular flexibility index (Phi) is 7.83. The first-order valence-corrected chi connectivity index (χ1v) is 13.2. The van der Waals surface area contributed by atoms with Crippen LogP contribution in [-0.2, 0) is 12.4 Å². The zero-order chi connectivity index (χ0) is 24.9. The summed E-state index contributed by atoms with van der Waals surface area (Å²) in [7, 11) is 0. The van der Waals surface area contributed by atoms with Gasteiger partial charge in [0.15, 0.2) is 11.0 Å². The molecular formula is C28H20Cl3N3OS. The van der Waals surface area contributed by atoms with Gasteiger partial charge in [-0.1, -0.05) is 89.0 Å². The zero-order valence-electron chi connectivity index (χ0n) is 18.9. The maximum absolute atomic E-state index is 6.38. The predicted molar refractivity (Wildman–Crippen MR) is 149 cm³/mol. The van der Waals surface area contributed by atoms with E-state index < -0.39 is 0 Å². The normalized spacial score (nSPS) is 11.0. The fraction of sp³-hybridized carbons (Fsp3) is 0.0714. The van der Waals surface area contributed by atoms with Gasteiger partial charge in [0.2, 0.25) is 0 Å². The van der Waals surface area contributed by atoms with Crippen LogP contribution in [0.4, 0.5) is 0 Å². The monoisotopic (exact) mass is 551 g/mol. The molecule has 5 rings (SSSR count). The highest BCUT2D eigenvalue weighted by Crippen LogP contribution is 2.32. The third-order valence-electron chi connectivity index (χ3n) is 5.48. The van der Waals surface area contributed by atoms with Crippen LogP contribution in [0.15, 0.2) is 102 Å². The summed E-state index contributed by atoms with van der Waals surface area (Å²) in [6, 6.07) is 31.0. The number of ether oxygens (including phenoxy) is 1. The van der Waals surface area contributed by atoms with Crippen molar-refractivity contribution in [1.29, 1.82) is 0 Å². The van der Waals surface area contributed by atoms with Gasteiger partial charge >= 0.3 is 0 Å². The molecule has 1 aromatic heterocycles. The van der Waals surface area contributed by atoms with E-state index in [0.717, 1.165) is 39.1 Å². The summed E-state index contributed by atoms with van der Waals surface area (Å²) >= 11 is 20.2. The Hall–Kier alpha value is -2.96. The number of hydrogen-bond donors (Lipinski definition) is 0.